The molecule has 4 nitrogen and oxygen atoms in total. The summed E-state index contributed by atoms with van der Waals surface area (Å²) in [7, 11) is 0. The minimum absolute atomic E-state index is 0.0216. The monoisotopic (exact) mass is 420 g/mol. The van der Waals surface area contributed by atoms with Crippen LogP contribution in [0.4, 0.5) is 5.69 Å². The molecular weight excluding hydrogens is 404 g/mol. The molecule has 0 unspecified atom stereocenters. The lowest BCUT2D eigenvalue weighted by Crippen LogP contribution is -2.14. The van der Waals surface area contributed by atoms with Crippen LogP contribution in [-0.2, 0) is 4.79 Å². The highest BCUT2D eigenvalue weighted by Gasteiger charge is 2.13. The molecule has 1 aromatic heterocycles. The molecule has 0 saturated carbocycles. The lowest BCUT2D eigenvalue weighted by molar-refractivity contribution is -0.112. The quantitative estimate of drug-likeness (QED) is 0.423. The number of para-hydroxylation sites is 1. The summed E-state index contributed by atoms with van der Waals surface area (Å²) in [6.45, 7) is 3.89. The lowest BCUT2D eigenvalue weighted by atomic mass is 10.1. The van der Waals surface area contributed by atoms with E-state index in [9.17, 15) is 10.1 Å². The molecule has 1 heterocycles. The van der Waals surface area contributed by atoms with E-state index in [1.54, 1.807) is 12.1 Å². The maximum atomic E-state index is 12.4. The molecule has 1 N–H and O–H groups in total. The summed E-state index contributed by atoms with van der Waals surface area (Å²) < 4.78 is 6.82. The molecule has 2 aromatic carbocycles. The number of hydrogen-bond donors (Lipinski definition) is 1. The predicted octanol–water partition coefficient (Wildman–Crippen LogP) is 5.87. The molecule has 0 saturated heterocycles. The molecule has 3 aromatic rings. The number of aryl methyl sites for hydroxylation is 2. The first kappa shape index (κ1) is 18.7. The number of carbonyl (C=O) groups is 1. The molecule has 0 aliphatic heterocycles. The maximum absolute atomic E-state index is 12.4. The Bertz CT molecular complexity index is 1070. The third-order valence-electron chi connectivity index (χ3n) is 4.13. The zero-order valence-corrected chi connectivity index (χ0v) is 16.5. The Morgan fingerprint density at radius 2 is 1.89 bits per heavy atom. The highest BCUT2D eigenvalue weighted by atomic mass is 79.9. The van der Waals surface area contributed by atoms with Gasteiger partial charge in [0.1, 0.15) is 23.2 Å². The molecule has 3 rings (SSSR count). The molecule has 1 amide bonds. The Labute approximate surface area is 166 Å². The first-order valence-corrected chi connectivity index (χ1v) is 9.12. The van der Waals surface area contributed by atoms with Gasteiger partial charge in [0.15, 0.2) is 0 Å². The van der Waals surface area contributed by atoms with Crippen molar-refractivity contribution in [2.24, 2.45) is 0 Å². The predicted molar refractivity (Wildman–Crippen MR) is 110 cm³/mol. The van der Waals surface area contributed by atoms with Gasteiger partial charge >= 0.3 is 0 Å². The second-order valence-electron chi connectivity index (χ2n) is 6.10. The minimum Gasteiger partial charge on any atom is -0.457 e. The lowest BCUT2D eigenvalue weighted by Gasteiger charge is -2.06. The van der Waals surface area contributed by atoms with E-state index in [2.05, 4.69) is 21.2 Å². The fraction of sp³-hybridized carbons (Fsp3) is 0.0909. The van der Waals surface area contributed by atoms with Crippen molar-refractivity contribution in [3.8, 4) is 17.4 Å². The summed E-state index contributed by atoms with van der Waals surface area (Å²) >= 11 is 3.44. The zero-order chi connectivity index (χ0) is 19.4. The van der Waals surface area contributed by atoms with Gasteiger partial charge in [-0.05, 0) is 61.4 Å². The van der Waals surface area contributed by atoms with Crippen LogP contribution < -0.4 is 5.32 Å². The normalized spacial score (nSPS) is 11.1. The van der Waals surface area contributed by atoms with Crippen LogP contribution in [0.15, 0.2) is 69.1 Å². The highest BCUT2D eigenvalue weighted by Crippen LogP contribution is 2.28. The average Bonchev–Trinajstić information content (AvgIpc) is 3.09. The maximum Gasteiger partial charge on any atom is 0.266 e. The van der Waals surface area contributed by atoms with Gasteiger partial charge in [-0.15, -0.1) is 0 Å². The number of furan rings is 1. The number of hydrogen-bond acceptors (Lipinski definition) is 3. The standard InChI is InChI=1S/C22H17BrN2O2/c1-14-5-3-4-6-20(14)25-22(26)16(13-24)12-18-8-10-21(27-18)19-9-7-17(23)11-15(19)2/h3-12H,1-2H3,(H,25,26)/b16-12+. The van der Waals surface area contributed by atoms with Crippen LogP contribution in [0.2, 0.25) is 0 Å². The molecular formula is C22H17BrN2O2. The zero-order valence-electron chi connectivity index (χ0n) is 14.9. The average molecular weight is 421 g/mol. The van der Waals surface area contributed by atoms with Gasteiger partial charge in [0, 0.05) is 21.8 Å². The Hall–Kier alpha value is -3.10. The Morgan fingerprint density at radius 1 is 1.11 bits per heavy atom. The Morgan fingerprint density at radius 3 is 2.59 bits per heavy atom. The van der Waals surface area contributed by atoms with Gasteiger partial charge in [-0.3, -0.25) is 4.79 Å². The van der Waals surface area contributed by atoms with Crippen molar-refractivity contribution in [1.29, 1.82) is 5.26 Å². The number of rotatable bonds is 4. The first-order valence-electron chi connectivity index (χ1n) is 8.33. The minimum atomic E-state index is -0.468. The molecule has 0 atom stereocenters. The van der Waals surface area contributed by atoms with Gasteiger partial charge in [-0.2, -0.15) is 5.26 Å². The van der Waals surface area contributed by atoms with Crippen molar-refractivity contribution >= 4 is 33.6 Å². The number of nitrogens with one attached hydrogen (secondary N) is 1. The van der Waals surface area contributed by atoms with E-state index in [0.717, 1.165) is 21.2 Å². The molecule has 0 spiro atoms. The van der Waals surface area contributed by atoms with E-state index in [0.29, 0.717) is 17.2 Å². The summed E-state index contributed by atoms with van der Waals surface area (Å²) in [6, 6.07) is 18.8. The van der Waals surface area contributed by atoms with Crippen LogP contribution in [0.5, 0.6) is 0 Å². The van der Waals surface area contributed by atoms with Gasteiger partial charge in [0.05, 0.1) is 0 Å². The van der Waals surface area contributed by atoms with Crippen LogP contribution in [0, 0.1) is 25.2 Å². The Balaban J connectivity index is 1.84. The van der Waals surface area contributed by atoms with E-state index < -0.39 is 5.91 Å². The van der Waals surface area contributed by atoms with Crippen molar-refractivity contribution in [3.05, 3.63) is 81.5 Å². The molecule has 0 fully saturated rings. The fourth-order valence-corrected chi connectivity index (χ4v) is 3.15. The number of amides is 1. The highest BCUT2D eigenvalue weighted by molar-refractivity contribution is 9.10. The number of benzene rings is 2. The second-order valence-corrected chi connectivity index (χ2v) is 7.02. The molecule has 5 heteroatoms. The van der Waals surface area contributed by atoms with E-state index in [1.165, 1.54) is 6.08 Å². The van der Waals surface area contributed by atoms with Crippen molar-refractivity contribution in [2.45, 2.75) is 13.8 Å². The molecule has 27 heavy (non-hydrogen) atoms. The summed E-state index contributed by atoms with van der Waals surface area (Å²) in [5.74, 6) is 0.663. The van der Waals surface area contributed by atoms with Gasteiger partial charge in [-0.1, -0.05) is 34.1 Å². The third kappa shape index (κ3) is 4.36. The van der Waals surface area contributed by atoms with Crippen LogP contribution in [0.1, 0.15) is 16.9 Å². The number of anilines is 1. The largest absolute Gasteiger partial charge is 0.457 e. The third-order valence-corrected chi connectivity index (χ3v) is 4.62. The summed E-state index contributed by atoms with van der Waals surface area (Å²) in [5, 5.41) is 12.1. The van der Waals surface area contributed by atoms with Crippen LogP contribution in [0.25, 0.3) is 17.4 Å². The topological polar surface area (TPSA) is 66.0 Å². The van der Waals surface area contributed by atoms with E-state index in [1.807, 2.05) is 62.4 Å². The summed E-state index contributed by atoms with van der Waals surface area (Å²) in [5.41, 5.74) is 3.60. The second kappa shape index (κ2) is 8.07. The van der Waals surface area contributed by atoms with Gasteiger partial charge in [0.25, 0.3) is 5.91 Å². The van der Waals surface area contributed by atoms with Gasteiger partial charge < -0.3 is 9.73 Å². The van der Waals surface area contributed by atoms with Crippen LogP contribution >= 0.6 is 15.9 Å². The Kier molecular flexibility index (Phi) is 5.58. The van der Waals surface area contributed by atoms with Crippen molar-refractivity contribution in [2.75, 3.05) is 5.32 Å². The molecule has 134 valence electrons. The van der Waals surface area contributed by atoms with Crippen molar-refractivity contribution in [3.63, 3.8) is 0 Å². The van der Waals surface area contributed by atoms with Crippen molar-refractivity contribution in [1.82, 2.24) is 0 Å². The van der Waals surface area contributed by atoms with E-state index in [4.69, 9.17) is 4.42 Å². The fourth-order valence-electron chi connectivity index (χ4n) is 2.67. The first-order chi connectivity index (χ1) is 13.0. The smallest absolute Gasteiger partial charge is 0.266 e. The number of carbonyl (C=O) groups excluding carboxylic acids is 1. The summed E-state index contributed by atoms with van der Waals surface area (Å²) in [6.07, 6.45) is 1.45. The van der Waals surface area contributed by atoms with Crippen LogP contribution in [0.3, 0.4) is 0 Å². The van der Waals surface area contributed by atoms with Gasteiger partial charge in [-0.25, -0.2) is 0 Å². The number of nitriles is 1. The van der Waals surface area contributed by atoms with E-state index in [-0.39, 0.29) is 5.57 Å². The molecule has 0 radical (unpaired) electrons. The molecule has 0 aliphatic rings. The number of halogens is 1. The van der Waals surface area contributed by atoms with E-state index >= 15 is 0 Å². The molecule has 0 aliphatic carbocycles. The van der Waals surface area contributed by atoms with Crippen LogP contribution in [-0.4, -0.2) is 5.91 Å². The molecule has 0 bridgehead atoms. The number of nitrogens with zero attached hydrogens (tertiary/aromatic N) is 1. The van der Waals surface area contributed by atoms with Gasteiger partial charge in [0.2, 0.25) is 0 Å². The summed E-state index contributed by atoms with van der Waals surface area (Å²) in [4.78, 5) is 12.4. The SMILES string of the molecule is Cc1ccccc1NC(=O)/C(C#N)=C/c1ccc(-c2ccc(Br)cc2C)o1. The van der Waals surface area contributed by atoms with Crippen molar-refractivity contribution < 1.29 is 9.21 Å².